The highest BCUT2D eigenvalue weighted by atomic mass is 32.2. The predicted octanol–water partition coefficient (Wildman–Crippen LogP) is 3.83. The van der Waals surface area contributed by atoms with Gasteiger partial charge in [-0.15, -0.1) is 11.8 Å². The summed E-state index contributed by atoms with van der Waals surface area (Å²) < 4.78 is 37.1. The van der Waals surface area contributed by atoms with E-state index >= 15 is 0 Å². The fraction of sp³-hybridized carbons (Fsp3) is 0.615. The Labute approximate surface area is 116 Å². The molecular weight excluding hydrogens is 273 g/mol. The maximum atomic E-state index is 12.4. The highest BCUT2D eigenvalue weighted by Gasteiger charge is 2.30. The fourth-order valence-corrected chi connectivity index (χ4v) is 2.31. The minimum absolute atomic E-state index is 0.267. The summed E-state index contributed by atoms with van der Waals surface area (Å²) in [6.07, 6.45) is -3.43. The van der Waals surface area contributed by atoms with Crippen molar-refractivity contribution in [3.8, 4) is 0 Å². The Morgan fingerprint density at radius 3 is 2.37 bits per heavy atom. The van der Waals surface area contributed by atoms with Gasteiger partial charge < -0.3 is 5.32 Å². The molecule has 0 radical (unpaired) electrons. The first-order chi connectivity index (χ1) is 8.79. The number of nitrogens with zero attached hydrogens (tertiary/aromatic N) is 1. The average molecular weight is 292 g/mol. The summed E-state index contributed by atoms with van der Waals surface area (Å²) in [6.45, 7) is 8.03. The number of halogens is 3. The molecule has 108 valence electrons. The predicted molar refractivity (Wildman–Crippen MR) is 72.3 cm³/mol. The van der Waals surface area contributed by atoms with Gasteiger partial charge in [-0.1, -0.05) is 20.8 Å². The first-order valence-corrected chi connectivity index (χ1v) is 7.07. The van der Waals surface area contributed by atoms with E-state index in [1.54, 1.807) is 0 Å². The molecule has 0 amide bonds. The van der Waals surface area contributed by atoms with Crippen LogP contribution in [0.5, 0.6) is 0 Å². The molecular formula is C13H19F3N2S. The molecule has 1 heterocycles. The molecule has 2 nitrogen and oxygen atoms in total. The Morgan fingerprint density at radius 1 is 1.21 bits per heavy atom. The lowest BCUT2D eigenvalue weighted by atomic mass is 10.2. The van der Waals surface area contributed by atoms with E-state index in [2.05, 4.69) is 24.1 Å². The monoisotopic (exact) mass is 292 g/mol. The number of alkyl halides is 3. The average Bonchev–Trinajstić information content (AvgIpc) is 2.27. The largest absolute Gasteiger partial charge is 0.417 e. The van der Waals surface area contributed by atoms with Crippen molar-refractivity contribution in [1.29, 1.82) is 0 Å². The van der Waals surface area contributed by atoms with Gasteiger partial charge in [-0.2, -0.15) is 13.2 Å². The van der Waals surface area contributed by atoms with Gasteiger partial charge in [0.1, 0.15) is 0 Å². The number of hydrogen-bond donors (Lipinski definition) is 1. The quantitative estimate of drug-likeness (QED) is 0.807. The lowest BCUT2D eigenvalue weighted by Crippen LogP contribution is -2.26. The molecule has 1 unspecified atom stereocenters. The van der Waals surface area contributed by atoms with E-state index in [0.717, 1.165) is 25.4 Å². The van der Waals surface area contributed by atoms with Crippen LogP contribution in [0.3, 0.4) is 0 Å². The molecule has 0 aromatic carbocycles. The van der Waals surface area contributed by atoms with Crippen LogP contribution in [0.1, 0.15) is 26.3 Å². The van der Waals surface area contributed by atoms with Crippen LogP contribution in [0.4, 0.5) is 13.2 Å². The highest BCUT2D eigenvalue weighted by Crippen LogP contribution is 2.30. The molecule has 0 bridgehead atoms. The molecule has 0 aliphatic rings. The number of thioether (sulfide) groups is 1. The van der Waals surface area contributed by atoms with E-state index in [-0.39, 0.29) is 5.25 Å². The number of nitrogens with one attached hydrogen (secondary N) is 1. The minimum atomic E-state index is -4.32. The van der Waals surface area contributed by atoms with Crippen LogP contribution in [-0.2, 0) is 6.18 Å². The van der Waals surface area contributed by atoms with Gasteiger partial charge in [0, 0.05) is 18.0 Å². The molecule has 1 atom stereocenters. The number of rotatable bonds is 6. The molecule has 0 aliphatic carbocycles. The molecule has 1 aromatic heterocycles. The van der Waals surface area contributed by atoms with Crippen LogP contribution in [0, 0.1) is 5.92 Å². The molecule has 0 fully saturated rings. The van der Waals surface area contributed by atoms with Gasteiger partial charge in [0.25, 0.3) is 0 Å². The van der Waals surface area contributed by atoms with Crippen molar-refractivity contribution in [2.75, 3.05) is 13.1 Å². The Balaban J connectivity index is 2.44. The Bertz CT molecular complexity index is 376. The van der Waals surface area contributed by atoms with Crippen molar-refractivity contribution >= 4 is 11.8 Å². The van der Waals surface area contributed by atoms with Gasteiger partial charge in [-0.05, 0) is 24.6 Å². The van der Waals surface area contributed by atoms with Gasteiger partial charge in [0.05, 0.1) is 10.6 Å². The number of hydrogen-bond acceptors (Lipinski definition) is 3. The third-order valence-electron chi connectivity index (χ3n) is 2.37. The van der Waals surface area contributed by atoms with Crippen molar-refractivity contribution in [3.05, 3.63) is 23.9 Å². The number of aromatic nitrogens is 1. The van der Waals surface area contributed by atoms with Crippen molar-refractivity contribution in [3.63, 3.8) is 0 Å². The van der Waals surface area contributed by atoms with E-state index in [4.69, 9.17) is 0 Å². The third kappa shape index (κ3) is 6.29. The van der Waals surface area contributed by atoms with Gasteiger partial charge >= 0.3 is 6.18 Å². The highest BCUT2D eigenvalue weighted by molar-refractivity contribution is 7.99. The fourth-order valence-electron chi connectivity index (χ4n) is 1.44. The van der Waals surface area contributed by atoms with Crippen molar-refractivity contribution < 1.29 is 13.2 Å². The molecule has 6 heteroatoms. The smallest absolute Gasteiger partial charge is 0.315 e. The maximum absolute atomic E-state index is 12.4. The molecule has 1 N–H and O–H groups in total. The Morgan fingerprint density at radius 2 is 1.89 bits per heavy atom. The van der Waals surface area contributed by atoms with Crippen molar-refractivity contribution in [2.24, 2.45) is 5.92 Å². The summed E-state index contributed by atoms with van der Waals surface area (Å²) >= 11 is 1.47. The van der Waals surface area contributed by atoms with Crippen LogP contribution in [0.25, 0.3) is 0 Å². The zero-order chi connectivity index (χ0) is 14.5. The summed E-state index contributed by atoms with van der Waals surface area (Å²) in [6, 6.07) is 2.50. The molecule has 0 spiro atoms. The molecule has 19 heavy (non-hydrogen) atoms. The van der Waals surface area contributed by atoms with Crippen molar-refractivity contribution in [2.45, 2.75) is 37.2 Å². The minimum Gasteiger partial charge on any atom is -0.315 e. The normalized spacial score (nSPS) is 13.8. The first kappa shape index (κ1) is 16.3. The third-order valence-corrected chi connectivity index (χ3v) is 3.42. The molecule has 0 saturated heterocycles. The second-order valence-electron chi connectivity index (χ2n) is 4.86. The lowest BCUT2D eigenvalue weighted by molar-refractivity contribution is -0.137. The second-order valence-corrected chi connectivity index (χ2v) is 6.32. The zero-order valence-corrected chi connectivity index (χ0v) is 12.1. The van der Waals surface area contributed by atoms with E-state index in [1.165, 1.54) is 17.8 Å². The summed E-state index contributed by atoms with van der Waals surface area (Å²) in [5.41, 5.74) is -0.706. The van der Waals surface area contributed by atoms with E-state index in [1.807, 2.05) is 6.92 Å². The maximum Gasteiger partial charge on any atom is 0.417 e. The number of pyridine rings is 1. The van der Waals surface area contributed by atoms with Crippen LogP contribution in [0.15, 0.2) is 23.4 Å². The second kappa shape index (κ2) is 7.14. The van der Waals surface area contributed by atoms with Gasteiger partial charge in [0.2, 0.25) is 0 Å². The lowest BCUT2D eigenvalue weighted by Gasteiger charge is -2.13. The van der Waals surface area contributed by atoms with Crippen molar-refractivity contribution in [1.82, 2.24) is 10.3 Å². The molecule has 1 aromatic rings. The summed E-state index contributed by atoms with van der Waals surface area (Å²) in [5, 5.41) is 4.20. The molecule has 1 rings (SSSR count). The first-order valence-electron chi connectivity index (χ1n) is 6.19. The van der Waals surface area contributed by atoms with Crippen LogP contribution >= 0.6 is 11.8 Å². The topological polar surface area (TPSA) is 24.9 Å². The van der Waals surface area contributed by atoms with E-state index in [0.29, 0.717) is 10.9 Å². The molecule has 0 saturated carbocycles. The standard InChI is InChI=1S/C13H19F3N2S/c1-9(2)6-17-7-10(3)19-12-5-4-11(8-18-12)13(14,15)16/h4-5,8-10,17H,6-7H2,1-3H3. The zero-order valence-electron chi connectivity index (χ0n) is 11.3. The van der Waals surface area contributed by atoms with E-state index in [9.17, 15) is 13.2 Å². The van der Waals surface area contributed by atoms with Gasteiger partial charge in [-0.25, -0.2) is 4.98 Å². The van der Waals surface area contributed by atoms with Gasteiger partial charge in [-0.3, -0.25) is 0 Å². The Hall–Kier alpha value is -0.750. The van der Waals surface area contributed by atoms with Crippen LogP contribution < -0.4 is 5.32 Å². The summed E-state index contributed by atoms with van der Waals surface area (Å²) in [4.78, 5) is 3.84. The summed E-state index contributed by atoms with van der Waals surface area (Å²) in [7, 11) is 0. The van der Waals surface area contributed by atoms with Gasteiger partial charge in [0.15, 0.2) is 0 Å². The van der Waals surface area contributed by atoms with Crippen LogP contribution in [-0.4, -0.2) is 23.3 Å². The van der Waals surface area contributed by atoms with E-state index < -0.39 is 11.7 Å². The molecule has 0 aliphatic heterocycles. The SMILES string of the molecule is CC(C)CNCC(C)Sc1ccc(C(F)(F)F)cn1. The Kier molecular flexibility index (Phi) is 6.13. The van der Waals surface area contributed by atoms with Crippen LogP contribution in [0.2, 0.25) is 0 Å². The summed E-state index contributed by atoms with van der Waals surface area (Å²) in [5.74, 6) is 0.585.